The van der Waals surface area contributed by atoms with E-state index in [1.807, 2.05) is 16.8 Å². The summed E-state index contributed by atoms with van der Waals surface area (Å²) in [7, 11) is 3.11. The van der Waals surface area contributed by atoms with Crippen molar-refractivity contribution in [1.29, 1.82) is 0 Å². The number of rotatable bonds is 5. The number of nitrogens with one attached hydrogen (secondary N) is 1. The molecule has 0 spiro atoms. The number of carbonyl (C=O) groups is 2. The van der Waals surface area contributed by atoms with E-state index in [1.54, 1.807) is 37.3 Å². The van der Waals surface area contributed by atoms with Crippen molar-refractivity contribution in [1.82, 2.24) is 0 Å². The van der Waals surface area contributed by atoms with E-state index in [1.165, 1.54) is 11.3 Å². The quantitative estimate of drug-likeness (QED) is 0.904. The van der Waals surface area contributed by atoms with E-state index in [9.17, 15) is 9.59 Å². The fourth-order valence-corrected chi connectivity index (χ4v) is 3.29. The fourth-order valence-electron chi connectivity index (χ4n) is 2.71. The number of carbonyl (C=O) groups excluding carboxylic acids is 2. The van der Waals surface area contributed by atoms with Gasteiger partial charge in [0.1, 0.15) is 0 Å². The van der Waals surface area contributed by atoms with Crippen LogP contribution in [0.1, 0.15) is 6.42 Å². The van der Waals surface area contributed by atoms with Gasteiger partial charge in [-0.3, -0.25) is 9.59 Å². The molecule has 3 rings (SSSR count). The van der Waals surface area contributed by atoms with Crippen molar-refractivity contribution in [2.24, 2.45) is 5.92 Å². The van der Waals surface area contributed by atoms with Crippen LogP contribution in [0.15, 0.2) is 35.0 Å². The Kier molecular flexibility index (Phi) is 4.71. The summed E-state index contributed by atoms with van der Waals surface area (Å²) in [6, 6.07) is 7.12. The van der Waals surface area contributed by atoms with E-state index in [0.29, 0.717) is 23.7 Å². The van der Waals surface area contributed by atoms with Gasteiger partial charge in [0.25, 0.3) is 0 Å². The molecule has 1 aromatic heterocycles. The van der Waals surface area contributed by atoms with Crippen molar-refractivity contribution in [3.8, 4) is 11.5 Å². The van der Waals surface area contributed by atoms with Gasteiger partial charge in [-0.05, 0) is 23.6 Å². The molecule has 1 aliphatic rings. The van der Waals surface area contributed by atoms with Crippen LogP contribution in [0.3, 0.4) is 0 Å². The van der Waals surface area contributed by atoms with Gasteiger partial charge in [0.2, 0.25) is 11.8 Å². The van der Waals surface area contributed by atoms with Crippen LogP contribution in [0.25, 0.3) is 0 Å². The summed E-state index contributed by atoms with van der Waals surface area (Å²) in [5.41, 5.74) is 1.46. The maximum absolute atomic E-state index is 12.3. The second-order valence-electron chi connectivity index (χ2n) is 5.45. The monoisotopic (exact) mass is 346 g/mol. The van der Waals surface area contributed by atoms with Crippen molar-refractivity contribution in [3.05, 3.63) is 35.0 Å². The van der Waals surface area contributed by atoms with Gasteiger partial charge in [-0.15, -0.1) is 0 Å². The van der Waals surface area contributed by atoms with Crippen molar-refractivity contribution < 1.29 is 19.1 Å². The van der Waals surface area contributed by atoms with Gasteiger partial charge in [-0.1, -0.05) is 0 Å². The maximum atomic E-state index is 12.3. The van der Waals surface area contributed by atoms with Crippen LogP contribution in [-0.2, 0) is 9.59 Å². The van der Waals surface area contributed by atoms with E-state index in [-0.39, 0.29) is 24.2 Å². The largest absolute Gasteiger partial charge is 0.493 e. The zero-order chi connectivity index (χ0) is 17.1. The molecule has 2 aromatic rings. The molecule has 2 amide bonds. The first-order valence-electron chi connectivity index (χ1n) is 7.48. The van der Waals surface area contributed by atoms with E-state index >= 15 is 0 Å². The zero-order valence-corrected chi connectivity index (χ0v) is 14.3. The van der Waals surface area contributed by atoms with E-state index in [0.717, 1.165) is 5.69 Å². The summed E-state index contributed by atoms with van der Waals surface area (Å²) >= 11 is 1.51. The van der Waals surface area contributed by atoms with Crippen molar-refractivity contribution in [3.63, 3.8) is 0 Å². The molecule has 126 valence electrons. The molecule has 1 N–H and O–H groups in total. The van der Waals surface area contributed by atoms with E-state index in [4.69, 9.17) is 9.47 Å². The maximum Gasteiger partial charge on any atom is 0.229 e. The first kappa shape index (κ1) is 16.3. The normalized spacial score (nSPS) is 17.0. The third-order valence-corrected chi connectivity index (χ3v) is 4.65. The highest BCUT2D eigenvalue weighted by Gasteiger charge is 2.35. The van der Waals surface area contributed by atoms with Gasteiger partial charge >= 0.3 is 0 Å². The Bertz CT molecular complexity index is 745. The summed E-state index contributed by atoms with van der Waals surface area (Å²) < 4.78 is 10.5. The number of anilines is 2. The molecule has 7 heteroatoms. The molecule has 1 aliphatic heterocycles. The SMILES string of the molecule is COc1ccc(N2C[C@@H](C(=O)Nc3ccsc3)CC2=O)cc1OC. The minimum atomic E-state index is -0.370. The average Bonchev–Trinajstić information content (AvgIpc) is 3.23. The molecule has 0 bridgehead atoms. The Balaban J connectivity index is 1.74. The van der Waals surface area contributed by atoms with E-state index in [2.05, 4.69) is 5.32 Å². The summed E-state index contributed by atoms with van der Waals surface area (Å²) in [5.74, 6) is 0.566. The number of ether oxygens (including phenoxy) is 2. The Hall–Kier alpha value is -2.54. The Morgan fingerprint density at radius 3 is 2.71 bits per heavy atom. The third kappa shape index (κ3) is 3.21. The van der Waals surface area contributed by atoms with Crippen LogP contribution in [-0.4, -0.2) is 32.6 Å². The number of amides is 2. The van der Waals surface area contributed by atoms with Crippen molar-refractivity contribution in [2.75, 3.05) is 31.0 Å². The minimum Gasteiger partial charge on any atom is -0.493 e. The van der Waals surface area contributed by atoms with Gasteiger partial charge < -0.3 is 19.7 Å². The lowest BCUT2D eigenvalue weighted by molar-refractivity contribution is -0.122. The van der Waals surface area contributed by atoms with Crippen LogP contribution >= 0.6 is 11.3 Å². The Morgan fingerprint density at radius 1 is 1.25 bits per heavy atom. The summed E-state index contributed by atoms with van der Waals surface area (Å²) in [6.45, 7) is 0.351. The van der Waals surface area contributed by atoms with Gasteiger partial charge in [-0.25, -0.2) is 0 Å². The molecule has 0 saturated carbocycles. The Labute approximate surface area is 144 Å². The number of methoxy groups -OCH3 is 2. The third-order valence-electron chi connectivity index (χ3n) is 3.96. The number of hydrogen-bond donors (Lipinski definition) is 1. The van der Waals surface area contributed by atoms with E-state index < -0.39 is 0 Å². The first-order valence-corrected chi connectivity index (χ1v) is 8.42. The number of thiophene rings is 1. The first-order chi connectivity index (χ1) is 11.6. The lowest BCUT2D eigenvalue weighted by Crippen LogP contribution is -2.28. The molecule has 1 fully saturated rings. The number of hydrogen-bond acceptors (Lipinski definition) is 5. The molecule has 0 radical (unpaired) electrons. The average molecular weight is 346 g/mol. The molecule has 1 saturated heterocycles. The minimum absolute atomic E-state index is 0.0762. The summed E-state index contributed by atoms with van der Waals surface area (Å²) in [5, 5.41) is 6.60. The molecular formula is C17H18N2O4S. The van der Waals surface area contributed by atoms with Crippen LogP contribution in [0.5, 0.6) is 11.5 Å². The highest BCUT2D eigenvalue weighted by Crippen LogP contribution is 2.34. The smallest absolute Gasteiger partial charge is 0.229 e. The molecule has 24 heavy (non-hydrogen) atoms. The highest BCUT2D eigenvalue weighted by molar-refractivity contribution is 7.08. The summed E-state index contributed by atoms with van der Waals surface area (Å²) in [6.07, 6.45) is 0.199. The van der Waals surface area contributed by atoms with Crippen LogP contribution < -0.4 is 19.7 Å². The molecule has 0 unspecified atom stereocenters. The molecule has 1 atom stereocenters. The molecule has 0 aliphatic carbocycles. The van der Waals surface area contributed by atoms with Gasteiger partial charge in [0.15, 0.2) is 11.5 Å². The Morgan fingerprint density at radius 2 is 2.04 bits per heavy atom. The fraction of sp³-hybridized carbons (Fsp3) is 0.294. The lowest BCUT2D eigenvalue weighted by Gasteiger charge is -2.18. The molecule has 1 aromatic carbocycles. The number of nitrogens with zero attached hydrogens (tertiary/aromatic N) is 1. The van der Waals surface area contributed by atoms with Crippen LogP contribution in [0.2, 0.25) is 0 Å². The second-order valence-corrected chi connectivity index (χ2v) is 6.23. The van der Waals surface area contributed by atoms with Crippen LogP contribution in [0, 0.1) is 5.92 Å². The standard InChI is InChI=1S/C17H18N2O4S/c1-22-14-4-3-13(8-15(14)23-2)19-9-11(7-16(19)20)17(21)18-12-5-6-24-10-12/h3-6,8,10-11H,7,9H2,1-2H3,(H,18,21)/t11-/m0/s1. The second kappa shape index (κ2) is 6.92. The zero-order valence-electron chi connectivity index (χ0n) is 13.4. The van der Waals surface area contributed by atoms with Crippen molar-refractivity contribution in [2.45, 2.75) is 6.42 Å². The molecule has 2 heterocycles. The summed E-state index contributed by atoms with van der Waals surface area (Å²) in [4.78, 5) is 26.3. The van der Waals surface area contributed by atoms with Crippen molar-refractivity contribution >= 4 is 34.5 Å². The van der Waals surface area contributed by atoms with Gasteiger partial charge in [0, 0.05) is 30.1 Å². The number of benzene rings is 1. The predicted octanol–water partition coefficient (Wildman–Crippen LogP) is 2.76. The molecule has 6 nitrogen and oxygen atoms in total. The predicted molar refractivity (Wildman–Crippen MR) is 93.0 cm³/mol. The highest BCUT2D eigenvalue weighted by atomic mass is 32.1. The van der Waals surface area contributed by atoms with Gasteiger partial charge in [-0.2, -0.15) is 11.3 Å². The molecular weight excluding hydrogens is 328 g/mol. The topological polar surface area (TPSA) is 67.9 Å². The van der Waals surface area contributed by atoms with Crippen LogP contribution in [0.4, 0.5) is 11.4 Å². The van der Waals surface area contributed by atoms with Gasteiger partial charge in [0.05, 0.1) is 25.8 Å². The lowest BCUT2D eigenvalue weighted by atomic mass is 10.1.